The predicted octanol–water partition coefficient (Wildman–Crippen LogP) is 5.99. The Bertz CT molecular complexity index is 315. The van der Waals surface area contributed by atoms with Crippen LogP contribution in [0.3, 0.4) is 0 Å². The van der Waals surface area contributed by atoms with Crippen LogP contribution in [0.5, 0.6) is 0 Å². The molecule has 1 atom stereocenters. The summed E-state index contributed by atoms with van der Waals surface area (Å²) in [5.41, 5.74) is 0. The van der Waals surface area contributed by atoms with Crippen molar-refractivity contribution in [3.05, 3.63) is 7.43 Å². The minimum Gasteiger partial charge on any atom is -0.358 e. The van der Waals surface area contributed by atoms with Crippen LogP contribution in [0.1, 0.15) is 97.8 Å². The van der Waals surface area contributed by atoms with E-state index in [1.165, 1.54) is 57.8 Å². The molecule has 3 nitrogen and oxygen atoms in total. The van der Waals surface area contributed by atoms with Crippen LogP contribution in [0.15, 0.2) is 0 Å². The molecule has 26 heavy (non-hydrogen) atoms. The van der Waals surface area contributed by atoms with Crippen molar-refractivity contribution in [2.24, 2.45) is 5.92 Å². The number of nitrogens with one attached hydrogen (secondary N) is 1. The van der Waals surface area contributed by atoms with Gasteiger partial charge in [-0.3, -0.25) is 4.79 Å². The van der Waals surface area contributed by atoms with Crippen LogP contribution >= 0.6 is 0 Å². The molecule has 3 heteroatoms. The molecule has 0 fully saturated rings. The maximum absolute atomic E-state index is 11.8. The quantitative estimate of drug-likeness (QED) is 0.190. The van der Waals surface area contributed by atoms with Crippen LogP contribution in [0.4, 0.5) is 0 Å². The maximum atomic E-state index is 11.8. The van der Waals surface area contributed by atoms with Gasteiger partial charge in [0.25, 0.3) is 0 Å². The highest BCUT2D eigenvalue weighted by Gasteiger charge is 2.10. The first kappa shape index (κ1) is 27.6. The van der Waals surface area contributed by atoms with E-state index in [9.17, 15) is 4.79 Å². The van der Waals surface area contributed by atoms with Crippen molar-refractivity contribution in [1.29, 1.82) is 0 Å². The van der Waals surface area contributed by atoms with Gasteiger partial charge in [-0.25, -0.2) is 0 Å². The molecule has 0 aromatic rings. The van der Waals surface area contributed by atoms with Gasteiger partial charge in [-0.05, 0) is 19.3 Å². The van der Waals surface area contributed by atoms with Gasteiger partial charge in [0.1, 0.15) is 0 Å². The molecular formula is C23H50N2O. The van der Waals surface area contributed by atoms with Crippen molar-refractivity contribution in [2.45, 2.75) is 97.8 Å². The van der Waals surface area contributed by atoms with Gasteiger partial charge in [-0.15, -0.1) is 0 Å². The van der Waals surface area contributed by atoms with Crippen molar-refractivity contribution >= 4 is 5.91 Å². The van der Waals surface area contributed by atoms with Gasteiger partial charge in [-0.2, -0.15) is 0 Å². The van der Waals surface area contributed by atoms with Crippen molar-refractivity contribution in [3.63, 3.8) is 0 Å². The summed E-state index contributed by atoms with van der Waals surface area (Å²) >= 11 is 0. The summed E-state index contributed by atoms with van der Waals surface area (Å²) in [6, 6.07) is 0. The van der Waals surface area contributed by atoms with Crippen LogP contribution in [0.2, 0.25) is 0 Å². The number of amides is 1. The zero-order valence-corrected chi connectivity index (χ0v) is 19.0. The summed E-state index contributed by atoms with van der Waals surface area (Å²) in [5.74, 6) is 1.15. The predicted molar refractivity (Wildman–Crippen MR) is 117 cm³/mol. The highest BCUT2D eigenvalue weighted by molar-refractivity contribution is 5.75. The number of quaternary nitrogens is 1. The fraction of sp³-hybridized carbons (Fsp3) is 0.913. The zero-order valence-electron chi connectivity index (χ0n) is 19.0. The molecule has 1 unspecified atom stereocenters. The Morgan fingerprint density at radius 3 is 1.96 bits per heavy atom. The Kier molecular flexibility index (Phi) is 19.0. The molecule has 0 radical (unpaired) electrons. The Labute approximate surface area is 165 Å². The van der Waals surface area contributed by atoms with E-state index < -0.39 is 0 Å². The van der Waals surface area contributed by atoms with Crippen LogP contribution in [0.25, 0.3) is 0 Å². The van der Waals surface area contributed by atoms with Crippen molar-refractivity contribution in [2.75, 3.05) is 33.7 Å². The largest absolute Gasteiger partial charge is 0.358 e. The molecule has 0 heterocycles. The van der Waals surface area contributed by atoms with Gasteiger partial charge in [-0.1, -0.05) is 71.6 Å². The fourth-order valence-electron chi connectivity index (χ4n) is 3.02. The van der Waals surface area contributed by atoms with Crippen LogP contribution < -0.4 is 5.32 Å². The molecule has 0 rings (SSSR count). The first-order valence-electron chi connectivity index (χ1n) is 11.0. The molecule has 1 N–H and O–H groups in total. The molecule has 158 valence electrons. The smallest absolute Gasteiger partial charge is 0.219 e. The molecule has 0 saturated heterocycles. The second-order valence-electron chi connectivity index (χ2n) is 8.56. The third-order valence-electron chi connectivity index (χ3n) is 5.67. The number of nitrogens with zero attached hydrogens (tertiary/aromatic N) is 1. The second-order valence-corrected chi connectivity index (χ2v) is 8.56. The van der Waals surface area contributed by atoms with E-state index in [1.807, 2.05) is 0 Å². The van der Waals surface area contributed by atoms with Gasteiger partial charge in [0, 0.05) is 19.4 Å². The lowest BCUT2D eigenvalue weighted by Gasteiger charge is -2.28. The Morgan fingerprint density at radius 2 is 1.42 bits per heavy atom. The molecule has 0 aliphatic carbocycles. The summed E-state index contributed by atoms with van der Waals surface area (Å²) in [5, 5.41) is 3.07. The van der Waals surface area contributed by atoms with E-state index in [2.05, 4.69) is 40.2 Å². The Balaban J connectivity index is 0. The molecule has 0 aliphatic rings. The van der Waals surface area contributed by atoms with Gasteiger partial charge >= 0.3 is 0 Å². The third-order valence-corrected chi connectivity index (χ3v) is 5.67. The first-order chi connectivity index (χ1) is 11.9. The minimum absolute atomic E-state index is 0. The molecule has 0 aromatic heterocycles. The normalized spacial score (nSPS) is 12.5. The van der Waals surface area contributed by atoms with Gasteiger partial charge in [0.05, 0.1) is 27.2 Å². The number of carbonyl (C=O) groups excluding carboxylic acids is 1. The summed E-state index contributed by atoms with van der Waals surface area (Å²) in [4.78, 5) is 11.8. The third kappa shape index (κ3) is 18.2. The molecule has 0 spiro atoms. The van der Waals surface area contributed by atoms with E-state index in [1.54, 1.807) is 0 Å². The molecule has 0 saturated carbocycles. The lowest BCUT2D eigenvalue weighted by molar-refractivity contribution is -0.888. The second kappa shape index (κ2) is 17.8. The number of carbonyl (C=O) groups is 1. The van der Waals surface area contributed by atoms with E-state index >= 15 is 0 Å². The van der Waals surface area contributed by atoms with Crippen LogP contribution in [-0.2, 0) is 4.79 Å². The van der Waals surface area contributed by atoms with Crippen LogP contribution in [-0.4, -0.2) is 44.1 Å². The van der Waals surface area contributed by atoms with Crippen molar-refractivity contribution in [1.82, 2.24) is 5.32 Å². The van der Waals surface area contributed by atoms with E-state index in [-0.39, 0.29) is 13.3 Å². The van der Waals surface area contributed by atoms with E-state index in [0.717, 1.165) is 42.9 Å². The lowest BCUT2D eigenvalue weighted by Crippen LogP contribution is -2.41. The fourth-order valence-corrected chi connectivity index (χ4v) is 3.02. The highest BCUT2D eigenvalue weighted by Crippen LogP contribution is 2.15. The molecule has 0 aliphatic heterocycles. The topological polar surface area (TPSA) is 29.1 Å². The van der Waals surface area contributed by atoms with Gasteiger partial charge in [0.2, 0.25) is 5.91 Å². The monoisotopic (exact) mass is 370 g/mol. The summed E-state index contributed by atoms with van der Waals surface area (Å²) in [6.07, 6.45) is 15.0. The minimum atomic E-state index is 0. The maximum Gasteiger partial charge on any atom is 0.219 e. The summed E-state index contributed by atoms with van der Waals surface area (Å²) in [6.45, 7) is 9.97. The number of hydrogen-bond acceptors (Lipinski definition) is 1. The van der Waals surface area contributed by atoms with Gasteiger partial charge < -0.3 is 17.2 Å². The average Bonchev–Trinajstić information content (AvgIpc) is 2.60. The Morgan fingerprint density at radius 1 is 0.885 bits per heavy atom. The standard InChI is InChI=1S/C22H46N2O.CH3/c1-6-21(3)17-14-12-10-8-9-11-13-15-18-22(25)23-19-16-20-24(4,5)7-2;/h21H,6-20H2,1-5H3;1H3/q;-1/p+1. The average molecular weight is 371 g/mol. The molecule has 0 aromatic carbocycles. The number of unbranched alkanes of at least 4 members (excludes halogenated alkanes) is 7. The summed E-state index contributed by atoms with van der Waals surface area (Å²) < 4.78 is 1.04. The van der Waals surface area contributed by atoms with Crippen molar-refractivity contribution in [3.8, 4) is 0 Å². The number of rotatable bonds is 17. The number of hydrogen-bond donors (Lipinski definition) is 1. The molecular weight excluding hydrogens is 320 g/mol. The zero-order chi connectivity index (χ0) is 19.0. The lowest BCUT2D eigenvalue weighted by atomic mass is 9.99. The Hall–Kier alpha value is -0.570. The first-order valence-corrected chi connectivity index (χ1v) is 11.0. The van der Waals surface area contributed by atoms with E-state index in [4.69, 9.17) is 0 Å². The van der Waals surface area contributed by atoms with E-state index in [0.29, 0.717) is 6.42 Å². The molecule has 1 amide bonds. The summed E-state index contributed by atoms with van der Waals surface area (Å²) in [7, 11) is 4.49. The van der Waals surface area contributed by atoms with Crippen molar-refractivity contribution < 1.29 is 9.28 Å². The molecule has 0 bridgehead atoms. The van der Waals surface area contributed by atoms with Crippen LogP contribution in [0, 0.1) is 13.3 Å². The highest BCUT2D eigenvalue weighted by atomic mass is 16.1. The SMILES string of the molecule is CCC(C)CCCCCCCCCCC(=O)NCCC[N+](C)(C)CC.[CH3-]. The van der Waals surface area contributed by atoms with Gasteiger partial charge in [0.15, 0.2) is 0 Å².